The molecule has 0 amide bonds. The number of piperidine rings is 1. The van der Waals surface area contributed by atoms with Crippen molar-refractivity contribution < 1.29 is 0 Å². The molecule has 0 spiro atoms. The lowest BCUT2D eigenvalue weighted by molar-refractivity contribution is 0.397. The zero-order valence-electron chi connectivity index (χ0n) is 11.3. The number of aryl methyl sites for hydroxylation is 2. The number of rotatable bonds is 2. The van der Waals surface area contributed by atoms with Crippen LogP contribution in [0.15, 0.2) is 12.3 Å². The minimum absolute atomic E-state index is 0.299. The Bertz CT molecular complexity index is 573. The molecule has 1 saturated heterocycles. The summed E-state index contributed by atoms with van der Waals surface area (Å²) in [5.41, 5.74) is 1.97. The maximum atomic E-state index is 4.72. The zero-order valence-corrected chi connectivity index (χ0v) is 12.1. The molecule has 2 aromatic rings. The van der Waals surface area contributed by atoms with Crippen LogP contribution in [0.4, 0.5) is 0 Å². The average Bonchev–Trinajstić information content (AvgIpc) is 2.86. The third-order valence-corrected chi connectivity index (χ3v) is 4.27. The fourth-order valence-electron chi connectivity index (χ4n) is 2.40. The molecule has 0 saturated carbocycles. The van der Waals surface area contributed by atoms with Crippen molar-refractivity contribution >= 4 is 11.3 Å². The van der Waals surface area contributed by atoms with Crippen LogP contribution >= 0.6 is 11.3 Å². The van der Waals surface area contributed by atoms with E-state index in [4.69, 9.17) is 4.98 Å². The lowest BCUT2D eigenvalue weighted by atomic mass is 10.0. The van der Waals surface area contributed by atoms with Crippen molar-refractivity contribution in [3.63, 3.8) is 0 Å². The van der Waals surface area contributed by atoms with Crippen molar-refractivity contribution in [3.05, 3.63) is 28.7 Å². The van der Waals surface area contributed by atoms with E-state index >= 15 is 0 Å². The first-order valence-electron chi connectivity index (χ1n) is 6.74. The molecule has 0 unspecified atom stereocenters. The summed E-state index contributed by atoms with van der Waals surface area (Å²) in [5, 5.41) is 4.49. The van der Waals surface area contributed by atoms with Crippen LogP contribution in [0.3, 0.4) is 0 Å². The number of nitrogens with zero attached hydrogens (tertiary/aromatic N) is 3. The molecule has 5 heteroatoms. The summed E-state index contributed by atoms with van der Waals surface area (Å²) < 4.78 is 0. The maximum Gasteiger partial charge on any atom is 0.146 e. The number of thiazole rings is 1. The predicted octanol–water partition coefficient (Wildman–Crippen LogP) is 3.03. The van der Waals surface area contributed by atoms with E-state index < -0.39 is 0 Å². The van der Waals surface area contributed by atoms with Gasteiger partial charge in [-0.15, -0.1) is 11.3 Å². The van der Waals surface area contributed by atoms with Gasteiger partial charge in [-0.05, 0) is 39.3 Å². The van der Waals surface area contributed by atoms with E-state index in [1.165, 1.54) is 17.7 Å². The molecule has 3 heterocycles. The van der Waals surface area contributed by atoms with Crippen molar-refractivity contribution in [2.75, 3.05) is 6.54 Å². The molecule has 1 aliphatic heterocycles. The SMILES string of the molecule is Cc1cc(-c2ncc(C)s2)nc([C@@H]2CCCCN2)n1. The molecule has 1 atom stereocenters. The van der Waals surface area contributed by atoms with Crippen molar-refractivity contribution in [3.8, 4) is 10.7 Å². The van der Waals surface area contributed by atoms with Gasteiger partial charge >= 0.3 is 0 Å². The Hall–Kier alpha value is -1.33. The van der Waals surface area contributed by atoms with Gasteiger partial charge in [0, 0.05) is 16.8 Å². The number of nitrogens with one attached hydrogen (secondary N) is 1. The lowest BCUT2D eigenvalue weighted by Gasteiger charge is -2.22. The van der Waals surface area contributed by atoms with Crippen LogP contribution in [-0.4, -0.2) is 21.5 Å². The van der Waals surface area contributed by atoms with E-state index in [-0.39, 0.29) is 0 Å². The van der Waals surface area contributed by atoms with Crippen LogP contribution in [0.1, 0.15) is 41.7 Å². The molecular weight excluding hydrogens is 256 g/mol. The topological polar surface area (TPSA) is 50.7 Å². The summed E-state index contributed by atoms with van der Waals surface area (Å²) in [4.78, 5) is 14.9. The van der Waals surface area contributed by atoms with E-state index in [1.807, 2.05) is 19.2 Å². The van der Waals surface area contributed by atoms with Gasteiger partial charge in [0.15, 0.2) is 0 Å². The summed E-state index contributed by atoms with van der Waals surface area (Å²) in [7, 11) is 0. The minimum atomic E-state index is 0.299. The molecule has 4 nitrogen and oxygen atoms in total. The highest BCUT2D eigenvalue weighted by molar-refractivity contribution is 7.14. The summed E-state index contributed by atoms with van der Waals surface area (Å²) in [6.07, 6.45) is 5.53. The lowest BCUT2D eigenvalue weighted by Crippen LogP contribution is -2.28. The van der Waals surface area contributed by atoms with Crippen LogP contribution in [0.25, 0.3) is 10.7 Å². The smallest absolute Gasteiger partial charge is 0.146 e. The summed E-state index contributed by atoms with van der Waals surface area (Å²) >= 11 is 1.68. The van der Waals surface area contributed by atoms with Gasteiger partial charge in [0.2, 0.25) is 0 Å². The van der Waals surface area contributed by atoms with Gasteiger partial charge in [0.1, 0.15) is 16.5 Å². The fraction of sp³-hybridized carbons (Fsp3) is 0.500. The molecule has 0 bridgehead atoms. The van der Waals surface area contributed by atoms with E-state index in [1.54, 1.807) is 11.3 Å². The molecule has 1 aliphatic rings. The minimum Gasteiger partial charge on any atom is -0.307 e. The Kier molecular flexibility index (Phi) is 3.57. The van der Waals surface area contributed by atoms with Gasteiger partial charge in [-0.2, -0.15) is 0 Å². The highest BCUT2D eigenvalue weighted by atomic mass is 32.1. The Labute approximate surface area is 117 Å². The van der Waals surface area contributed by atoms with Gasteiger partial charge in [-0.1, -0.05) is 6.42 Å². The first kappa shape index (κ1) is 12.7. The molecule has 2 aromatic heterocycles. The largest absolute Gasteiger partial charge is 0.307 e. The molecule has 1 fully saturated rings. The third-order valence-electron chi connectivity index (χ3n) is 3.33. The average molecular weight is 274 g/mol. The van der Waals surface area contributed by atoms with Crippen LogP contribution in [0.5, 0.6) is 0 Å². The van der Waals surface area contributed by atoms with Crippen LogP contribution in [0, 0.1) is 13.8 Å². The van der Waals surface area contributed by atoms with Gasteiger partial charge in [-0.25, -0.2) is 15.0 Å². The first-order valence-corrected chi connectivity index (χ1v) is 7.56. The Morgan fingerprint density at radius 2 is 2.16 bits per heavy atom. The summed E-state index contributed by atoms with van der Waals surface area (Å²) in [6, 6.07) is 2.32. The van der Waals surface area contributed by atoms with E-state index in [9.17, 15) is 0 Å². The van der Waals surface area contributed by atoms with Crippen LogP contribution < -0.4 is 5.32 Å². The van der Waals surface area contributed by atoms with E-state index in [0.29, 0.717) is 6.04 Å². The number of hydrogen-bond donors (Lipinski definition) is 1. The number of aromatic nitrogens is 3. The zero-order chi connectivity index (χ0) is 13.2. The maximum absolute atomic E-state index is 4.72. The Balaban J connectivity index is 1.95. The second kappa shape index (κ2) is 5.35. The molecule has 3 rings (SSSR count). The summed E-state index contributed by atoms with van der Waals surface area (Å²) in [6.45, 7) is 5.16. The van der Waals surface area contributed by atoms with E-state index in [2.05, 4.69) is 22.2 Å². The number of hydrogen-bond acceptors (Lipinski definition) is 5. The van der Waals surface area contributed by atoms with E-state index in [0.717, 1.165) is 35.2 Å². The van der Waals surface area contributed by atoms with Crippen LogP contribution in [0.2, 0.25) is 0 Å². The quantitative estimate of drug-likeness (QED) is 0.914. The Morgan fingerprint density at radius 1 is 1.26 bits per heavy atom. The summed E-state index contributed by atoms with van der Waals surface area (Å²) in [5.74, 6) is 0.919. The van der Waals surface area contributed by atoms with Crippen molar-refractivity contribution in [2.24, 2.45) is 0 Å². The standard InChI is InChI=1S/C14H18N4S/c1-9-7-12(14-16-8-10(2)19-14)18-13(17-9)11-5-3-4-6-15-11/h7-8,11,15H,3-6H2,1-2H3/t11-/m0/s1. The molecule has 19 heavy (non-hydrogen) atoms. The fourth-order valence-corrected chi connectivity index (χ4v) is 3.13. The molecular formula is C14H18N4S. The predicted molar refractivity (Wildman–Crippen MR) is 77.2 cm³/mol. The molecule has 0 aromatic carbocycles. The Morgan fingerprint density at radius 3 is 2.84 bits per heavy atom. The third kappa shape index (κ3) is 2.82. The monoisotopic (exact) mass is 274 g/mol. The van der Waals surface area contributed by atoms with Crippen molar-refractivity contribution in [2.45, 2.75) is 39.2 Å². The second-order valence-electron chi connectivity index (χ2n) is 5.03. The molecule has 100 valence electrons. The van der Waals surface area contributed by atoms with Gasteiger partial charge < -0.3 is 5.32 Å². The van der Waals surface area contributed by atoms with Crippen molar-refractivity contribution in [1.82, 2.24) is 20.3 Å². The van der Waals surface area contributed by atoms with Gasteiger partial charge in [0.05, 0.1) is 6.04 Å². The normalized spacial score (nSPS) is 19.6. The highest BCUT2D eigenvalue weighted by Gasteiger charge is 2.19. The van der Waals surface area contributed by atoms with Gasteiger partial charge in [0.25, 0.3) is 0 Å². The molecule has 0 radical (unpaired) electrons. The molecule has 0 aliphatic carbocycles. The van der Waals surface area contributed by atoms with Crippen LogP contribution in [-0.2, 0) is 0 Å². The first-order chi connectivity index (χ1) is 9.22. The van der Waals surface area contributed by atoms with Gasteiger partial charge in [-0.3, -0.25) is 0 Å². The second-order valence-corrected chi connectivity index (χ2v) is 6.27. The van der Waals surface area contributed by atoms with Crippen molar-refractivity contribution in [1.29, 1.82) is 0 Å². The molecule has 1 N–H and O–H groups in total. The highest BCUT2D eigenvalue weighted by Crippen LogP contribution is 2.26.